The zero-order valence-corrected chi connectivity index (χ0v) is 14.8. The van der Waals surface area contributed by atoms with Gasteiger partial charge in [-0.05, 0) is 42.7 Å². The Morgan fingerprint density at radius 3 is 2.27 bits per heavy atom. The summed E-state index contributed by atoms with van der Waals surface area (Å²) >= 11 is 0. The summed E-state index contributed by atoms with van der Waals surface area (Å²) in [5.74, 6) is -0.969. The first kappa shape index (κ1) is 18.2. The number of amides is 1. The summed E-state index contributed by atoms with van der Waals surface area (Å²) in [6.45, 7) is 0. The van der Waals surface area contributed by atoms with Crippen LogP contribution in [-0.4, -0.2) is 23.0 Å². The van der Waals surface area contributed by atoms with E-state index in [9.17, 15) is 9.59 Å². The third-order valence-electron chi connectivity index (χ3n) is 5.17. The quantitative estimate of drug-likeness (QED) is 0.798. The van der Waals surface area contributed by atoms with Gasteiger partial charge in [0.25, 0.3) is 0 Å². The molecule has 0 heterocycles. The second-order valence-electron chi connectivity index (χ2n) is 7.11. The summed E-state index contributed by atoms with van der Waals surface area (Å²) in [4.78, 5) is 23.7. The van der Waals surface area contributed by atoms with Crippen LogP contribution in [0.5, 0.6) is 0 Å². The van der Waals surface area contributed by atoms with Crippen LogP contribution in [0.2, 0.25) is 0 Å². The standard InChI is InChI=1S/C22H25NO3/c24-21(23-20-12-11-18(14-20)22(25)26)15-19(17-9-5-2-6-10-17)13-16-7-3-1-4-8-16/h1-10,18-20H,11-15H2,(H,23,24)(H,25,26)/t18-,19?,20+/m1/s1. The van der Waals surface area contributed by atoms with Gasteiger partial charge in [-0.2, -0.15) is 0 Å². The van der Waals surface area contributed by atoms with Crippen LogP contribution in [0.1, 0.15) is 42.7 Å². The molecule has 3 atom stereocenters. The summed E-state index contributed by atoms with van der Waals surface area (Å²) in [6, 6.07) is 20.3. The summed E-state index contributed by atoms with van der Waals surface area (Å²) in [5, 5.41) is 12.2. The van der Waals surface area contributed by atoms with E-state index in [-0.39, 0.29) is 23.8 Å². The first-order valence-electron chi connectivity index (χ1n) is 9.23. The minimum atomic E-state index is -0.756. The van der Waals surface area contributed by atoms with Crippen LogP contribution in [0, 0.1) is 5.92 Å². The molecule has 2 N–H and O–H groups in total. The number of aliphatic carboxylic acids is 1. The molecule has 4 heteroatoms. The number of rotatable bonds is 7. The predicted molar refractivity (Wildman–Crippen MR) is 101 cm³/mol. The molecule has 0 saturated heterocycles. The van der Waals surface area contributed by atoms with E-state index in [1.165, 1.54) is 5.56 Å². The molecular weight excluding hydrogens is 326 g/mol. The van der Waals surface area contributed by atoms with Crippen molar-refractivity contribution in [1.82, 2.24) is 5.32 Å². The Bertz CT molecular complexity index is 730. The Labute approximate surface area is 154 Å². The molecule has 3 rings (SSSR count). The summed E-state index contributed by atoms with van der Waals surface area (Å²) in [5.41, 5.74) is 2.36. The molecule has 0 bridgehead atoms. The molecule has 1 amide bonds. The molecule has 1 fully saturated rings. The monoisotopic (exact) mass is 351 g/mol. The predicted octanol–water partition coefficient (Wildman–Crippen LogP) is 3.77. The number of carboxylic acid groups (broad SMARTS) is 1. The summed E-state index contributed by atoms with van der Waals surface area (Å²) in [6.07, 6.45) is 3.15. The van der Waals surface area contributed by atoms with E-state index < -0.39 is 5.97 Å². The third kappa shape index (κ3) is 4.94. The lowest BCUT2D eigenvalue weighted by atomic mass is 9.89. The molecule has 1 saturated carbocycles. The smallest absolute Gasteiger partial charge is 0.306 e. The Balaban J connectivity index is 1.64. The van der Waals surface area contributed by atoms with E-state index in [0.717, 1.165) is 18.4 Å². The summed E-state index contributed by atoms with van der Waals surface area (Å²) in [7, 11) is 0. The van der Waals surface area contributed by atoms with Gasteiger partial charge in [-0.3, -0.25) is 9.59 Å². The number of hydrogen-bond donors (Lipinski definition) is 2. The Morgan fingerprint density at radius 2 is 1.65 bits per heavy atom. The fraction of sp³-hybridized carbons (Fsp3) is 0.364. The van der Waals surface area contributed by atoms with Crippen molar-refractivity contribution in [3.8, 4) is 0 Å². The van der Waals surface area contributed by atoms with Crippen molar-refractivity contribution in [2.45, 2.75) is 44.1 Å². The molecule has 136 valence electrons. The molecule has 0 spiro atoms. The van der Waals surface area contributed by atoms with Crippen LogP contribution in [0.4, 0.5) is 0 Å². The van der Waals surface area contributed by atoms with Crippen LogP contribution < -0.4 is 5.32 Å². The molecule has 0 radical (unpaired) electrons. The van der Waals surface area contributed by atoms with E-state index in [1.54, 1.807) is 0 Å². The van der Waals surface area contributed by atoms with Gasteiger partial charge in [-0.1, -0.05) is 60.7 Å². The van der Waals surface area contributed by atoms with Gasteiger partial charge in [-0.25, -0.2) is 0 Å². The molecular formula is C22H25NO3. The SMILES string of the molecule is O=C(CC(Cc1ccccc1)c1ccccc1)N[C@H]1CC[C@@H](C(=O)O)C1. The van der Waals surface area contributed by atoms with Gasteiger partial charge in [0.05, 0.1) is 5.92 Å². The average molecular weight is 351 g/mol. The highest BCUT2D eigenvalue weighted by Gasteiger charge is 2.30. The number of carbonyl (C=O) groups excluding carboxylic acids is 1. The lowest BCUT2D eigenvalue weighted by molar-refractivity contribution is -0.141. The van der Waals surface area contributed by atoms with Crippen molar-refractivity contribution in [3.05, 3.63) is 71.8 Å². The van der Waals surface area contributed by atoms with Gasteiger partial charge in [-0.15, -0.1) is 0 Å². The maximum atomic E-state index is 12.6. The van der Waals surface area contributed by atoms with Crippen molar-refractivity contribution >= 4 is 11.9 Å². The van der Waals surface area contributed by atoms with Gasteiger partial charge in [0.1, 0.15) is 0 Å². The highest BCUT2D eigenvalue weighted by Crippen LogP contribution is 2.27. The van der Waals surface area contributed by atoms with Crippen LogP contribution in [0.3, 0.4) is 0 Å². The molecule has 0 aliphatic heterocycles. The fourth-order valence-electron chi connectivity index (χ4n) is 3.78. The van der Waals surface area contributed by atoms with E-state index >= 15 is 0 Å². The highest BCUT2D eigenvalue weighted by molar-refractivity contribution is 5.77. The van der Waals surface area contributed by atoms with Crippen LogP contribution in [0.15, 0.2) is 60.7 Å². The Kier molecular flexibility index (Phi) is 6.05. The second-order valence-corrected chi connectivity index (χ2v) is 7.11. The lowest BCUT2D eigenvalue weighted by Gasteiger charge is -2.19. The summed E-state index contributed by atoms with van der Waals surface area (Å²) < 4.78 is 0. The van der Waals surface area contributed by atoms with Gasteiger partial charge in [0.15, 0.2) is 0 Å². The molecule has 26 heavy (non-hydrogen) atoms. The number of carboxylic acids is 1. The van der Waals surface area contributed by atoms with Crippen molar-refractivity contribution in [3.63, 3.8) is 0 Å². The highest BCUT2D eigenvalue weighted by atomic mass is 16.4. The number of carbonyl (C=O) groups is 2. The minimum absolute atomic E-state index is 0.00539. The molecule has 2 aromatic rings. The normalized spacial score (nSPS) is 20.5. The third-order valence-corrected chi connectivity index (χ3v) is 5.17. The molecule has 1 aliphatic carbocycles. The minimum Gasteiger partial charge on any atom is -0.481 e. The Hall–Kier alpha value is -2.62. The Morgan fingerprint density at radius 1 is 1.00 bits per heavy atom. The topological polar surface area (TPSA) is 66.4 Å². The second kappa shape index (κ2) is 8.65. The fourth-order valence-corrected chi connectivity index (χ4v) is 3.78. The number of benzene rings is 2. The van der Waals surface area contributed by atoms with Gasteiger partial charge < -0.3 is 10.4 Å². The van der Waals surface area contributed by atoms with Gasteiger partial charge in [0, 0.05) is 12.5 Å². The van der Waals surface area contributed by atoms with Crippen LogP contribution in [-0.2, 0) is 16.0 Å². The number of hydrogen-bond acceptors (Lipinski definition) is 2. The van der Waals surface area contributed by atoms with Gasteiger partial charge >= 0.3 is 5.97 Å². The van der Waals surface area contributed by atoms with E-state index in [1.807, 2.05) is 36.4 Å². The average Bonchev–Trinajstić information content (AvgIpc) is 3.11. The van der Waals surface area contributed by atoms with Crippen molar-refractivity contribution < 1.29 is 14.7 Å². The maximum absolute atomic E-state index is 12.6. The first-order chi connectivity index (χ1) is 12.6. The van der Waals surface area contributed by atoms with Crippen LogP contribution in [0.25, 0.3) is 0 Å². The van der Waals surface area contributed by atoms with E-state index in [2.05, 4.69) is 29.6 Å². The van der Waals surface area contributed by atoms with Crippen molar-refractivity contribution in [2.24, 2.45) is 5.92 Å². The molecule has 1 unspecified atom stereocenters. The molecule has 1 aliphatic rings. The van der Waals surface area contributed by atoms with E-state index in [0.29, 0.717) is 19.3 Å². The molecule has 0 aromatic heterocycles. The van der Waals surface area contributed by atoms with Crippen LogP contribution >= 0.6 is 0 Å². The molecule has 4 nitrogen and oxygen atoms in total. The zero-order chi connectivity index (χ0) is 18.4. The van der Waals surface area contributed by atoms with Crippen molar-refractivity contribution in [2.75, 3.05) is 0 Å². The first-order valence-corrected chi connectivity index (χ1v) is 9.23. The maximum Gasteiger partial charge on any atom is 0.306 e. The lowest BCUT2D eigenvalue weighted by Crippen LogP contribution is -2.34. The number of nitrogens with one attached hydrogen (secondary N) is 1. The van der Waals surface area contributed by atoms with Gasteiger partial charge in [0.2, 0.25) is 5.91 Å². The van der Waals surface area contributed by atoms with E-state index in [4.69, 9.17) is 5.11 Å². The largest absolute Gasteiger partial charge is 0.481 e. The zero-order valence-electron chi connectivity index (χ0n) is 14.8. The van der Waals surface area contributed by atoms with Crippen molar-refractivity contribution in [1.29, 1.82) is 0 Å². The molecule has 2 aromatic carbocycles.